The molecule has 492 valence electrons. The third-order valence-corrected chi connectivity index (χ3v) is 10.7. The summed E-state index contributed by atoms with van der Waals surface area (Å²) in [5, 5.41) is 50.4. The van der Waals surface area contributed by atoms with E-state index >= 15 is 0 Å². The maximum Gasteiger partial charge on any atom is 1.00 e. The van der Waals surface area contributed by atoms with Gasteiger partial charge in [-0.2, -0.15) is 8.42 Å². The number of carbonyl (C=O) groups is 3. The standard InChI is InChI=1S/2C18H12BN5.C14H10O2.C4H6BN5.CH2O3.6CH4O.Na.H2O4S/c2*19-18-23-16(20)15-17(24-18)22-14(12-9-5-2-6-10-12)13(21-15)11-7-3-1-4-8-11;15-13(11-7-3-1-4-8-11)14(16)12-9-5-2-6-10-12;5-4-9-2(7)1(6)3(8)10-4;2-1-4-3;6*1-2;;1-5(2,3)4/h2*1-10H,(H2,20,22,23,24);1-10H;6H2,(H4,7,8,9,10);1,3H;6*2H,1H3;;(H2,1,2,3,4)/q;;;;;;;;;;;+1;/p-1. The van der Waals surface area contributed by atoms with E-state index in [2.05, 4.69) is 44.8 Å². The quantitative estimate of drug-likeness (QED) is 0.0142. The summed E-state index contributed by atoms with van der Waals surface area (Å²) in [5.41, 5.74) is 37.4. The van der Waals surface area contributed by atoms with Crippen LogP contribution in [0.4, 0.5) is 29.0 Å². The molecular weight excluding hydrogens is 1270 g/mol. The third-order valence-electron chi connectivity index (χ3n) is 10.7. The number of nitrogens with zero attached hydrogens (tertiary/aromatic N) is 10. The molecule has 0 amide bonds. The van der Waals surface area contributed by atoms with Crippen LogP contribution < -0.4 is 80.7 Å². The van der Waals surface area contributed by atoms with Gasteiger partial charge in [0.05, 0.1) is 39.9 Å². The fourth-order valence-corrected chi connectivity index (χ4v) is 7.13. The molecule has 35 heteroatoms. The van der Waals surface area contributed by atoms with E-state index in [9.17, 15) is 9.59 Å². The van der Waals surface area contributed by atoms with E-state index in [0.717, 1.165) is 87.7 Å². The van der Waals surface area contributed by atoms with Gasteiger partial charge in [-0.3, -0.25) is 23.5 Å². The Bertz CT molecular complexity index is 3890. The van der Waals surface area contributed by atoms with E-state index in [1.807, 2.05) is 133 Å². The van der Waals surface area contributed by atoms with Gasteiger partial charge in [-0.25, -0.2) is 49.8 Å². The number of anilines is 5. The van der Waals surface area contributed by atoms with Gasteiger partial charge in [0.2, 0.25) is 11.6 Å². The number of Topliss-reactive ketones (excluding diaryl/α,β-unsaturated/α-hetero) is 2. The molecule has 30 nitrogen and oxygen atoms in total. The van der Waals surface area contributed by atoms with Crippen molar-refractivity contribution in [2.45, 2.75) is 0 Å². The van der Waals surface area contributed by atoms with Gasteiger partial charge in [-0.1, -0.05) is 182 Å². The molecular formula is C61H67B3N15NaO15S. The Morgan fingerprint density at radius 2 is 0.583 bits per heavy atom. The number of aromatic nitrogens is 10. The number of fused-ring (bicyclic) bond motifs is 2. The Balaban J connectivity index is 0. The minimum Gasteiger partial charge on any atom is -0.662 e. The first-order valence-electron chi connectivity index (χ1n) is 26.4. The minimum absolute atomic E-state index is 0. The molecule has 0 bridgehead atoms. The first-order chi connectivity index (χ1) is 45.8. The number of ketones is 2. The fourth-order valence-electron chi connectivity index (χ4n) is 7.13. The van der Waals surface area contributed by atoms with Gasteiger partial charge in [0.15, 0.2) is 69.1 Å². The van der Waals surface area contributed by atoms with Gasteiger partial charge >= 0.3 is 40.0 Å². The molecule has 5 heterocycles. The van der Waals surface area contributed by atoms with E-state index in [1.54, 1.807) is 48.5 Å². The van der Waals surface area contributed by atoms with Crippen molar-refractivity contribution in [3.63, 3.8) is 0 Å². The van der Waals surface area contributed by atoms with Gasteiger partial charge in [-0.05, 0) is 0 Å². The van der Waals surface area contributed by atoms with Crippen LogP contribution in [0.5, 0.6) is 0 Å². The molecule has 0 atom stereocenters. The van der Waals surface area contributed by atoms with Crippen LogP contribution in [-0.4, -0.2) is 182 Å². The summed E-state index contributed by atoms with van der Waals surface area (Å²) in [6.45, 7) is -0.181. The van der Waals surface area contributed by atoms with Crippen molar-refractivity contribution in [3.05, 3.63) is 193 Å². The van der Waals surface area contributed by atoms with Gasteiger partial charge < -0.3 is 69.5 Å². The monoisotopic (exact) mass is 1340 g/mol. The average Bonchev–Trinajstić information content (AvgIpc) is 0.782. The molecule has 0 aliphatic heterocycles. The Labute approximate surface area is 578 Å². The van der Waals surface area contributed by atoms with Crippen LogP contribution in [0.2, 0.25) is 0 Å². The van der Waals surface area contributed by atoms with Gasteiger partial charge in [-0.15, -0.1) is 0 Å². The molecule has 0 fully saturated rings. The number of rotatable bonds is 8. The molecule has 11 rings (SSSR count). The van der Waals surface area contributed by atoms with Crippen LogP contribution in [0.15, 0.2) is 182 Å². The number of aliphatic hydroxyl groups excluding tert-OH is 6. The maximum absolute atomic E-state index is 11.8. The Kier molecular flexibility index (Phi) is 45.3. The van der Waals surface area contributed by atoms with Crippen molar-refractivity contribution in [1.29, 1.82) is 0 Å². The second kappa shape index (κ2) is 49.4. The number of hydrogen-bond acceptors (Lipinski definition) is 28. The Morgan fingerprint density at radius 1 is 0.385 bits per heavy atom. The Morgan fingerprint density at radius 3 is 0.812 bits per heavy atom. The van der Waals surface area contributed by atoms with Crippen molar-refractivity contribution in [2.75, 3.05) is 71.3 Å². The molecule has 96 heavy (non-hydrogen) atoms. The number of aliphatic hydroxyl groups is 6. The van der Waals surface area contributed by atoms with Crippen molar-refractivity contribution < 1.29 is 102 Å². The summed E-state index contributed by atoms with van der Waals surface area (Å²) in [4.78, 5) is 77.0. The molecule has 6 aromatic carbocycles. The van der Waals surface area contributed by atoms with Crippen LogP contribution in [0.1, 0.15) is 20.7 Å². The first kappa shape index (κ1) is 87.9. The van der Waals surface area contributed by atoms with Gasteiger partial charge in [0, 0.05) is 76.0 Å². The van der Waals surface area contributed by atoms with E-state index in [4.69, 9.17) is 120 Å². The molecule has 0 saturated heterocycles. The third kappa shape index (κ3) is 29.8. The molecule has 18 N–H and O–H groups in total. The topological polar surface area (TPSA) is 538 Å². The van der Waals surface area contributed by atoms with Crippen LogP contribution in [0.3, 0.4) is 0 Å². The summed E-state index contributed by atoms with van der Waals surface area (Å²) in [5.74, 6) is -0.253. The predicted octanol–water partition coefficient (Wildman–Crippen LogP) is -2.53. The number of nitrogens with two attached hydrogens (primary N) is 5. The van der Waals surface area contributed by atoms with Crippen molar-refractivity contribution in [1.82, 2.24) is 49.8 Å². The maximum atomic E-state index is 11.8. The van der Waals surface area contributed by atoms with Crippen molar-refractivity contribution in [3.8, 4) is 45.0 Å². The molecule has 0 unspecified atom stereocenters. The molecule has 0 aliphatic carbocycles. The average molecular weight is 1340 g/mol. The van der Waals surface area contributed by atoms with Crippen LogP contribution >= 0.6 is 0 Å². The minimum atomic E-state index is -4.67. The van der Waals surface area contributed by atoms with Crippen molar-refractivity contribution >= 4 is 120 Å². The largest absolute Gasteiger partial charge is 1.00 e. The summed E-state index contributed by atoms with van der Waals surface area (Å²) in [6, 6.07) is 56.5. The molecule has 5 aromatic heterocycles. The van der Waals surface area contributed by atoms with E-state index in [-0.39, 0.29) is 82.2 Å². The summed E-state index contributed by atoms with van der Waals surface area (Å²) < 4.78 is 31.6. The van der Waals surface area contributed by atoms with Crippen LogP contribution in [0, 0.1) is 0 Å². The second-order valence-corrected chi connectivity index (χ2v) is 17.3. The molecule has 6 radical (unpaired) electrons. The van der Waals surface area contributed by atoms with Crippen LogP contribution in [-0.2, 0) is 20.1 Å². The molecule has 0 aliphatic rings. The zero-order chi connectivity index (χ0) is 72.1. The molecule has 11 aromatic rings. The smallest absolute Gasteiger partial charge is 0.662 e. The number of nitrogen functional groups attached to an aromatic ring is 5. The molecule has 0 saturated carbocycles. The first-order valence-corrected chi connectivity index (χ1v) is 27.8. The number of benzene rings is 6. The van der Waals surface area contributed by atoms with E-state index in [1.165, 1.54) is 0 Å². The Hall–Kier alpha value is -10.2. The van der Waals surface area contributed by atoms with Gasteiger partial charge in [0.25, 0.3) is 6.47 Å². The normalized spacial score (nSPS) is 9.24. The summed E-state index contributed by atoms with van der Waals surface area (Å²) in [7, 11) is 17.9. The summed E-state index contributed by atoms with van der Waals surface area (Å²) in [6.07, 6.45) is 0. The van der Waals surface area contributed by atoms with Gasteiger partial charge in [0.1, 0.15) is 5.69 Å². The van der Waals surface area contributed by atoms with Crippen molar-refractivity contribution in [2.24, 2.45) is 0 Å². The molecule has 0 spiro atoms. The zero-order valence-corrected chi connectivity index (χ0v) is 55.6. The van der Waals surface area contributed by atoms with Crippen LogP contribution in [0.25, 0.3) is 67.4 Å². The SMILES string of the molecule is CO.CO.CO.CO.CO.CO.O=C(C(=O)c1ccccc1)c1ccccc1.O=CO[O-].O=S(=O)(O)O.[B]c1nc(N)c(N)c(N)n1.[B]c1nc(N)c2nc(-c3ccccc3)c(-c3ccccc3)nc2n1.[B]c1nc(N)c2nc(-c3ccccc3)c(-c3ccccc3)nc2n1.[Na+]. The fraction of sp³-hybridized carbons (Fsp3) is 0.0984. The van der Waals surface area contributed by atoms with E-state index in [0.29, 0.717) is 33.5 Å². The number of hydrogen-bond donors (Lipinski definition) is 13. The number of carbonyl (C=O) groups excluding carboxylic acids is 3. The predicted molar refractivity (Wildman–Crippen MR) is 364 cm³/mol. The second-order valence-electron chi connectivity index (χ2n) is 16.4. The summed E-state index contributed by atoms with van der Waals surface area (Å²) >= 11 is 0. The van der Waals surface area contributed by atoms with E-state index < -0.39 is 22.0 Å². The zero-order valence-electron chi connectivity index (χ0n) is 52.8.